The number of esters is 1. The van der Waals surface area contributed by atoms with Crippen LogP contribution in [-0.2, 0) is 19.1 Å². The van der Waals surface area contributed by atoms with Crippen molar-refractivity contribution in [3.8, 4) is 0 Å². The first-order valence-electron chi connectivity index (χ1n) is 11.8. The minimum Gasteiger partial charge on any atom is -0.464 e. The van der Waals surface area contributed by atoms with Gasteiger partial charge in [-0.05, 0) is 56.7 Å². The third-order valence-electron chi connectivity index (χ3n) is 6.03. The molecule has 0 saturated carbocycles. The lowest BCUT2D eigenvalue weighted by Gasteiger charge is -2.24. The maximum atomic E-state index is 13.2. The Morgan fingerprint density at radius 1 is 1.18 bits per heavy atom. The quantitative estimate of drug-likeness (QED) is 0.396. The number of fused-ring (bicyclic) bond motifs is 1. The van der Waals surface area contributed by atoms with Crippen LogP contribution in [0.1, 0.15) is 56.1 Å². The van der Waals surface area contributed by atoms with Crippen LogP contribution < -0.4 is 16.0 Å². The molecule has 1 aliphatic heterocycles. The summed E-state index contributed by atoms with van der Waals surface area (Å²) in [5.41, 5.74) is 2.24. The fourth-order valence-corrected chi connectivity index (χ4v) is 4.25. The number of carbonyl (C=O) groups excluding carboxylic acids is 4. The highest BCUT2D eigenvalue weighted by Gasteiger charge is 2.34. The number of aromatic amines is 1. The van der Waals surface area contributed by atoms with Crippen LogP contribution in [0.4, 0.5) is 0 Å². The Labute approximate surface area is 199 Å². The number of aryl methyl sites for hydroxylation is 1. The maximum absolute atomic E-state index is 13.2. The van der Waals surface area contributed by atoms with Crippen LogP contribution >= 0.6 is 0 Å². The van der Waals surface area contributed by atoms with E-state index < -0.39 is 29.9 Å². The minimum absolute atomic E-state index is 0.114. The van der Waals surface area contributed by atoms with Gasteiger partial charge in [0.15, 0.2) is 0 Å². The topological polar surface area (TPSA) is 129 Å². The van der Waals surface area contributed by atoms with Gasteiger partial charge in [0, 0.05) is 23.4 Å². The molecule has 1 saturated heterocycles. The van der Waals surface area contributed by atoms with E-state index in [0.717, 1.165) is 16.5 Å². The van der Waals surface area contributed by atoms with Crippen LogP contribution in [0.3, 0.4) is 0 Å². The molecule has 0 radical (unpaired) electrons. The number of hydrogen-bond donors (Lipinski definition) is 4. The molecular weight excluding hydrogens is 436 g/mol. The van der Waals surface area contributed by atoms with Gasteiger partial charge in [-0.2, -0.15) is 0 Å². The molecule has 3 amide bonds. The van der Waals surface area contributed by atoms with Crippen molar-refractivity contribution < 1.29 is 23.9 Å². The fourth-order valence-electron chi connectivity index (χ4n) is 4.25. The van der Waals surface area contributed by atoms with Crippen LogP contribution in [0, 0.1) is 18.8 Å². The van der Waals surface area contributed by atoms with Crippen LogP contribution in [0.5, 0.6) is 0 Å². The lowest BCUT2D eigenvalue weighted by Crippen LogP contribution is -2.53. The van der Waals surface area contributed by atoms with Crippen LogP contribution in [0.25, 0.3) is 10.9 Å². The molecule has 0 aliphatic carbocycles. The fraction of sp³-hybridized carbons (Fsp3) is 0.520. The molecule has 9 heteroatoms. The normalized spacial score (nSPS) is 17.3. The zero-order valence-corrected chi connectivity index (χ0v) is 20.2. The molecule has 184 valence electrons. The van der Waals surface area contributed by atoms with E-state index in [1.807, 2.05) is 39.0 Å². The van der Waals surface area contributed by atoms with E-state index in [-0.39, 0.29) is 30.8 Å². The summed E-state index contributed by atoms with van der Waals surface area (Å²) in [6, 6.07) is 5.71. The molecule has 34 heavy (non-hydrogen) atoms. The monoisotopic (exact) mass is 470 g/mol. The lowest BCUT2D eigenvalue weighted by atomic mass is 9.97. The standard InChI is InChI=1S/C25H34N4O5/c1-5-34-25(33)21(12-16-9-10-26-22(16)30)29-23(31)19(11-14(2)3)28-24(32)20-13-17-15(4)7-6-8-18(17)27-20/h6-8,13-14,16,19,21,27H,5,9-12H2,1-4H3,(H,26,30)(H,28,32)(H,29,31)/t16-,19-,21-/m0/s1. The molecule has 9 nitrogen and oxygen atoms in total. The molecule has 0 bridgehead atoms. The first-order valence-corrected chi connectivity index (χ1v) is 11.8. The highest BCUT2D eigenvalue weighted by molar-refractivity contribution is 6.01. The average Bonchev–Trinajstić information content (AvgIpc) is 3.39. The summed E-state index contributed by atoms with van der Waals surface area (Å²) < 4.78 is 5.13. The van der Waals surface area contributed by atoms with E-state index in [2.05, 4.69) is 20.9 Å². The number of benzene rings is 1. The Balaban J connectivity index is 1.75. The van der Waals surface area contributed by atoms with Gasteiger partial charge in [-0.25, -0.2) is 4.79 Å². The number of aromatic nitrogens is 1. The number of rotatable bonds is 10. The minimum atomic E-state index is -0.969. The number of H-pyrrole nitrogens is 1. The van der Waals surface area contributed by atoms with E-state index >= 15 is 0 Å². The SMILES string of the molecule is CCOC(=O)[C@H](C[C@@H]1CCNC1=O)NC(=O)[C@H](CC(C)C)NC(=O)c1cc2c(C)cccc2[nH]1. The van der Waals surface area contributed by atoms with Gasteiger partial charge in [-0.15, -0.1) is 0 Å². The van der Waals surface area contributed by atoms with E-state index in [1.165, 1.54) is 0 Å². The van der Waals surface area contributed by atoms with Gasteiger partial charge < -0.3 is 25.7 Å². The van der Waals surface area contributed by atoms with Gasteiger partial charge in [-0.1, -0.05) is 26.0 Å². The van der Waals surface area contributed by atoms with Crippen LogP contribution in [-0.4, -0.2) is 53.9 Å². The summed E-state index contributed by atoms with van der Waals surface area (Å²) in [6.07, 6.45) is 1.13. The number of hydrogen-bond acceptors (Lipinski definition) is 5. The molecule has 1 aliphatic rings. The molecule has 3 atom stereocenters. The number of ether oxygens (including phenoxy) is 1. The average molecular weight is 471 g/mol. The number of amides is 3. The van der Waals surface area contributed by atoms with Crippen LogP contribution in [0.15, 0.2) is 24.3 Å². The molecule has 4 N–H and O–H groups in total. The Bertz CT molecular complexity index is 1060. The molecule has 1 aromatic carbocycles. The van der Waals surface area contributed by atoms with Gasteiger partial charge in [0.2, 0.25) is 11.8 Å². The highest BCUT2D eigenvalue weighted by Crippen LogP contribution is 2.20. The van der Waals surface area contributed by atoms with Gasteiger partial charge in [-0.3, -0.25) is 14.4 Å². The first kappa shape index (κ1) is 25.3. The van der Waals surface area contributed by atoms with Crippen molar-refractivity contribution >= 4 is 34.6 Å². The molecule has 1 aromatic heterocycles. The predicted octanol–water partition coefficient (Wildman–Crippen LogP) is 2.19. The predicted molar refractivity (Wildman–Crippen MR) is 128 cm³/mol. The summed E-state index contributed by atoms with van der Waals surface area (Å²) >= 11 is 0. The molecule has 3 rings (SSSR count). The summed E-state index contributed by atoms with van der Waals surface area (Å²) in [5, 5.41) is 9.22. The van der Waals surface area contributed by atoms with Gasteiger partial charge >= 0.3 is 5.97 Å². The van der Waals surface area contributed by atoms with Crippen molar-refractivity contribution in [2.45, 2.75) is 59.0 Å². The second-order valence-corrected chi connectivity index (χ2v) is 9.20. The Morgan fingerprint density at radius 3 is 2.56 bits per heavy atom. The van der Waals surface area contributed by atoms with Crippen molar-refractivity contribution in [3.63, 3.8) is 0 Å². The second-order valence-electron chi connectivity index (χ2n) is 9.20. The molecule has 2 heterocycles. The molecule has 2 aromatic rings. The van der Waals surface area contributed by atoms with Crippen molar-refractivity contribution in [2.75, 3.05) is 13.2 Å². The summed E-state index contributed by atoms with van der Waals surface area (Å²) in [4.78, 5) is 53.9. The number of carbonyl (C=O) groups is 4. The van der Waals surface area contributed by atoms with Gasteiger partial charge in [0.1, 0.15) is 17.8 Å². The third kappa shape index (κ3) is 6.15. The van der Waals surface area contributed by atoms with Crippen molar-refractivity contribution in [1.29, 1.82) is 0 Å². The molecular formula is C25H34N4O5. The Morgan fingerprint density at radius 2 is 1.94 bits per heavy atom. The summed E-state index contributed by atoms with van der Waals surface area (Å²) in [7, 11) is 0. The third-order valence-corrected chi connectivity index (χ3v) is 6.03. The van der Waals surface area contributed by atoms with E-state index in [9.17, 15) is 19.2 Å². The van der Waals surface area contributed by atoms with Gasteiger partial charge in [0.05, 0.1) is 6.61 Å². The van der Waals surface area contributed by atoms with Gasteiger partial charge in [0.25, 0.3) is 5.91 Å². The van der Waals surface area contributed by atoms with Crippen molar-refractivity contribution in [2.24, 2.45) is 11.8 Å². The Hall–Kier alpha value is -3.36. The summed E-state index contributed by atoms with van der Waals surface area (Å²) in [5.74, 6) is -1.86. The van der Waals surface area contributed by atoms with Crippen LogP contribution in [0.2, 0.25) is 0 Å². The van der Waals surface area contributed by atoms with Crippen molar-refractivity contribution in [3.05, 3.63) is 35.5 Å². The second kappa shape index (κ2) is 11.2. The first-order chi connectivity index (χ1) is 16.2. The van der Waals surface area contributed by atoms with E-state index in [1.54, 1.807) is 13.0 Å². The van der Waals surface area contributed by atoms with E-state index in [0.29, 0.717) is 25.1 Å². The number of nitrogens with one attached hydrogen (secondary N) is 4. The smallest absolute Gasteiger partial charge is 0.328 e. The zero-order valence-electron chi connectivity index (χ0n) is 20.2. The molecule has 0 spiro atoms. The lowest BCUT2D eigenvalue weighted by molar-refractivity contribution is -0.148. The molecule has 1 fully saturated rings. The summed E-state index contributed by atoms with van der Waals surface area (Å²) in [6.45, 7) is 8.25. The highest BCUT2D eigenvalue weighted by atomic mass is 16.5. The molecule has 0 unspecified atom stereocenters. The van der Waals surface area contributed by atoms with E-state index in [4.69, 9.17) is 4.74 Å². The Kier molecular flexibility index (Phi) is 8.31. The van der Waals surface area contributed by atoms with Crippen molar-refractivity contribution in [1.82, 2.24) is 20.9 Å². The largest absolute Gasteiger partial charge is 0.464 e. The maximum Gasteiger partial charge on any atom is 0.328 e. The zero-order chi connectivity index (χ0) is 24.8.